The fraction of sp³-hybridized carbons (Fsp3) is 0.389. The molecule has 2 amide bonds. The van der Waals surface area contributed by atoms with Crippen molar-refractivity contribution in [1.29, 1.82) is 0 Å². The average Bonchev–Trinajstić information content (AvgIpc) is 3.27. The van der Waals surface area contributed by atoms with Crippen LogP contribution in [-0.2, 0) is 23.4 Å². The molecule has 9 nitrogen and oxygen atoms in total. The highest BCUT2D eigenvalue weighted by Crippen LogP contribution is 2.45. The van der Waals surface area contributed by atoms with Crippen LogP contribution in [0.3, 0.4) is 0 Å². The van der Waals surface area contributed by atoms with Gasteiger partial charge in [0.05, 0.1) is 47.0 Å². The number of aromatic nitrogens is 1. The number of methoxy groups -OCH3 is 4. The third-order valence-corrected chi connectivity index (χ3v) is 9.37. The average molecular weight is 612 g/mol. The van der Waals surface area contributed by atoms with Crippen LogP contribution in [-0.4, -0.2) is 55.8 Å². The van der Waals surface area contributed by atoms with E-state index < -0.39 is 5.54 Å². The topological polar surface area (TPSA) is 91.3 Å². The number of hydrogen-bond donors (Lipinski definition) is 1. The summed E-state index contributed by atoms with van der Waals surface area (Å²) in [5.41, 5.74) is 1.21. The van der Waals surface area contributed by atoms with E-state index in [-0.39, 0.29) is 30.9 Å². The number of hydrogen-bond acceptors (Lipinski definition) is 6. The lowest BCUT2D eigenvalue weighted by Crippen LogP contribution is -2.64. The van der Waals surface area contributed by atoms with Crippen molar-refractivity contribution in [3.05, 3.63) is 83.6 Å². The molecule has 1 aromatic heterocycles. The summed E-state index contributed by atoms with van der Waals surface area (Å²) in [6.07, 6.45) is 6.29. The second-order valence-corrected chi connectivity index (χ2v) is 11.8. The summed E-state index contributed by atoms with van der Waals surface area (Å²) in [5, 5.41) is 4.16. The van der Waals surface area contributed by atoms with Gasteiger partial charge in [-0.05, 0) is 54.8 Å². The van der Waals surface area contributed by atoms with Gasteiger partial charge < -0.3 is 33.7 Å². The summed E-state index contributed by atoms with van der Waals surface area (Å²) < 4.78 is 24.7. The van der Waals surface area contributed by atoms with E-state index in [1.165, 1.54) is 0 Å². The van der Waals surface area contributed by atoms with Crippen LogP contribution < -0.4 is 24.3 Å². The number of carbonyl (C=O) groups excluding carboxylic acids is 2. The van der Waals surface area contributed by atoms with Gasteiger partial charge in [0.2, 0.25) is 0 Å². The van der Waals surface area contributed by atoms with E-state index in [9.17, 15) is 4.79 Å². The highest BCUT2D eigenvalue weighted by atomic mass is 16.5. The Morgan fingerprint density at radius 2 is 1.49 bits per heavy atom. The normalized spacial score (nSPS) is 18.7. The lowest BCUT2D eigenvalue weighted by molar-refractivity contribution is -0.136. The van der Waals surface area contributed by atoms with Crippen LogP contribution in [0.4, 0.5) is 0 Å². The molecule has 3 aromatic carbocycles. The van der Waals surface area contributed by atoms with Crippen molar-refractivity contribution in [1.82, 2.24) is 14.8 Å². The Kier molecular flexibility index (Phi) is 8.61. The zero-order chi connectivity index (χ0) is 31.6. The monoisotopic (exact) mass is 611 g/mol. The zero-order valence-corrected chi connectivity index (χ0v) is 26.4. The number of carbonyl (C=O) groups is 2. The zero-order valence-electron chi connectivity index (χ0n) is 26.4. The minimum atomic E-state index is -1.40. The van der Waals surface area contributed by atoms with Gasteiger partial charge in [-0.3, -0.25) is 9.59 Å². The van der Waals surface area contributed by atoms with Gasteiger partial charge in [0, 0.05) is 17.0 Å². The van der Waals surface area contributed by atoms with E-state index in [4.69, 9.17) is 18.9 Å². The van der Waals surface area contributed by atoms with Crippen LogP contribution in [0, 0.1) is 0 Å². The van der Waals surface area contributed by atoms with Gasteiger partial charge in [0.1, 0.15) is 28.7 Å². The highest BCUT2D eigenvalue weighted by Gasteiger charge is 2.53. The van der Waals surface area contributed by atoms with Gasteiger partial charge in [0.25, 0.3) is 11.8 Å². The van der Waals surface area contributed by atoms with Crippen molar-refractivity contribution in [3.8, 4) is 23.0 Å². The predicted octanol–water partition coefficient (Wildman–Crippen LogP) is 6.07. The maximum absolute atomic E-state index is 15.0. The molecule has 0 bridgehead atoms. The molecular weight excluding hydrogens is 570 g/mol. The third-order valence-electron chi connectivity index (χ3n) is 9.37. The Morgan fingerprint density at radius 3 is 2.16 bits per heavy atom. The summed E-state index contributed by atoms with van der Waals surface area (Å²) in [6.45, 7) is 0.290. The first-order valence-corrected chi connectivity index (χ1v) is 15.6. The summed E-state index contributed by atoms with van der Waals surface area (Å²) >= 11 is 0. The fourth-order valence-electron chi connectivity index (χ4n) is 7.03. The summed E-state index contributed by atoms with van der Waals surface area (Å²) in [6, 6.07) is 20.7. The molecule has 1 atom stereocenters. The predicted molar refractivity (Wildman–Crippen MR) is 172 cm³/mol. The molecule has 4 aromatic rings. The molecule has 1 N–H and O–H groups in total. The Balaban J connectivity index is 1.60. The number of amides is 2. The lowest BCUT2D eigenvalue weighted by Gasteiger charge is -2.47. The molecule has 0 saturated heterocycles. The molecule has 0 spiro atoms. The summed E-state index contributed by atoms with van der Waals surface area (Å²) in [5.74, 6) is 1.96. The third kappa shape index (κ3) is 5.34. The van der Waals surface area contributed by atoms with Crippen LogP contribution >= 0.6 is 0 Å². The van der Waals surface area contributed by atoms with Gasteiger partial charge in [0.15, 0.2) is 5.54 Å². The smallest absolute Gasteiger partial charge is 0.272 e. The molecule has 1 saturated carbocycles. The molecule has 1 aliphatic carbocycles. The number of benzene rings is 3. The molecule has 1 fully saturated rings. The maximum atomic E-state index is 15.0. The van der Waals surface area contributed by atoms with Crippen molar-refractivity contribution in [2.45, 2.75) is 63.2 Å². The molecular formula is C36H41N3O6. The van der Waals surface area contributed by atoms with Crippen LogP contribution in [0.15, 0.2) is 66.7 Å². The van der Waals surface area contributed by atoms with E-state index in [0.717, 1.165) is 55.0 Å². The molecule has 1 aliphatic heterocycles. The number of ether oxygens (including phenoxy) is 4. The van der Waals surface area contributed by atoms with Crippen LogP contribution in [0.5, 0.6) is 23.0 Å². The quantitative estimate of drug-likeness (QED) is 0.231. The van der Waals surface area contributed by atoms with Gasteiger partial charge in [-0.2, -0.15) is 0 Å². The summed E-state index contributed by atoms with van der Waals surface area (Å²) in [4.78, 5) is 31.7. The van der Waals surface area contributed by atoms with E-state index >= 15 is 4.79 Å². The Labute approximate surface area is 264 Å². The first kappa shape index (κ1) is 30.4. The van der Waals surface area contributed by atoms with Crippen molar-refractivity contribution >= 4 is 22.7 Å². The van der Waals surface area contributed by atoms with Crippen molar-refractivity contribution < 1.29 is 28.5 Å². The van der Waals surface area contributed by atoms with E-state index in [0.29, 0.717) is 34.2 Å². The molecule has 0 radical (unpaired) electrons. The minimum absolute atomic E-state index is 0.0290. The standard InChI is InChI=1S/C36H41N3O6/c1-42-27-16-17-30(43-2)24(20-27)22-39-34(40)29-21-28-31(44-3)18-19-32(45-4)33(28)38(29)23-36(39,25-12-8-7-9-13-25)35(41)37-26-14-10-5-6-11-15-26/h7-9,12-13,16-21,26H,5-6,10-11,14-15,22-23H2,1-4H3,(H,37,41)/t36-/m0/s1. The molecule has 2 aliphatic rings. The van der Waals surface area contributed by atoms with E-state index in [2.05, 4.69) is 5.32 Å². The van der Waals surface area contributed by atoms with Crippen LogP contribution in [0.2, 0.25) is 0 Å². The number of fused-ring (bicyclic) bond motifs is 3. The minimum Gasteiger partial charge on any atom is -0.497 e. The summed E-state index contributed by atoms with van der Waals surface area (Å²) in [7, 11) is 6.42. The highest BCUT2D eigenvalue weighted by molar-refractivity contribution is 6.06. The van der Waals surface area contributed by atoms with Gasteiger partial charge in [-0.15, -0.1) is 0 Å². The van der Waals surface area contributed by atoms with Gasteiger partial charge >= 0.3 is 0 Å². The largest absolute Gasteiger partial charge is 0.497 e. The molecule has 45 heavy (non-hydrogen) atoms. The Hall–Kier alpha value is -4.66. The van der Waals surface area contributed by atoms with Crippen molar-refractivity contribution in [2.24, 2.45) is 0 Å². The van der Waals surface area contributed by atoms with Crippen LogP contribution in [0.25, 0.3) is 10.9 Å². The lowest BCUT2D eigenvalue weighted by atomic mass is 9.83. The maximum Gasteiger partial charge on any atom is 0.272 e. The van der Waals surface area contributed by atoms with E-state index in [1.807, 2.05) is 71.3 Å². The second-order valence-electron chi connectivity index (χ2n) is 11.8. The molecule has 9 heteroatoms. The molecule has 6 rings (SSSR count). The van der Waals surface area contributed by atoms with Crippen molar-refractivity contribution in [2.75, 3.05) is 28.4 Å². The van der Waals surface area contributed by atoms with Crippen LogP contribution in [0.1, 0.15) is 60.1 Å². The Morgan fingerprint density at radius 1 is 0.822 bits per heavy atom. The SMILES string of the molecule is COc1ccc(OC)c(CN2C(=O)c3cc4c(OC)ccc(OC)c4n3C[C@@]2(C(=O)NC2CCCCCC2)c2ccccc2)c1. The number of rotatable bonds is 9. The molecule has 0 unspecified atom stereocenters. The van der Waals surface area contributed by atoms with Gasteiger partial charge in [-0.25, -0.2) is 0 Å². The van der Waals surface area contributed by atoms with Gasteiger partial charge in [-0.1, -0.05) is 56.0 Å². The molecule has 2 heterocycles. The number of nitrogens with one attached hydrogen (secondary N) is 1. The first-order chi connectivity index (χ1) is 21.9. The first-order valence-electron chi connectivity index (χ1n) is 15.6. The van der Waals surface area contributed by atoms with E-state index in [1.54, 1.807) is 33.3 Å². The fourth-order valence-corrected chi connectivity index (χ4v) is 7.03. The van der Waals surface area contributed by atoms with Crippen molar-refractivity contribution in [3.63, 3.8) is 0 Å². The molecule has 236 valence electrons. The second kappa shape index (κ2) is 12.8. The number of nitrogens with zero attached hydrogens (tertiary/aromatic N) is 2. The Bertz CT molecular complexity index is 1690.